The van der Waals surface area contributed by atoms with E-state index in [2.05, 4.69) is 47.8 Å². The van der Waals surface area contributed by atoms with Crippen molar-refractivity contribution in [2.75, 3.05) is 14.2 Å². The second kappa shape index (κ2) is 8.79. The van der Waals surface area contributed by atoms with Crippen molar-refractivity contribution in [3.05, 3.63) is 53.7 Å². The van der Waals surface area contributed by atoms with Gasteiger partial charge in [-0.3, -0.25) is 0 Å². The van der Waals surface area contributed by atoms with Gasteiger partial charge in [0.15, 0.2) is 0 Å². The first-order valence-corrected chi connectivity index (χ1v) is 8.23. The van der Waals surface area contributed by atoms with Gasteiger partial charge in [0.05, 0.1) is 14.2 Å². The van der Waals surface area contributed by atoms with Gasteiger partial charge in [-0.25, -0.2) is 4.98 Å². The molecule has 3 nitrogen and oxygen atoms in total. The summed E-state index contributed by atoms with van der Waals surface area (Å²) in [6.45, 7) is 6.53. The van der Waals surface area contributed by atoms with Crippen LogP contribution in [0.1, 0.15) is 31.9 Å². The summed E-state index contributed by atoms with van der Waals surface area (Å²) in [6.07, 6.45) is 1.88. The van der Waals surface area contributed by atoms with Crippen LogP contribution < -0.4 is 9.47 Å². The average molecular weight is 366 g/mol. The molecule has 0 unspecified atom stereocenters. The molecule has 2 rings (SSSR count). The topological polar surface area (TPSA) is 31.4 Å². The van der Waals surface area contributed by atoms with Gasteiger partial charge in [-0.1, -0.05) is 54.9 Å². The molecule has 1 aromatic heterocycles. The van der Waals surface area contributed by atoms with Crippen molar-refractivity contribution in [3.63, 3.8) is 0 Å². The van der Waals surface area contributed by atoms with Crippen LogP contribution in [0.5, 0.6) is 11.6 Å². The van der Waals surface area contributed by atoms with Crippen molar-refractivity contribution in [3.8, 4) is 11.6 Å². The lowest BCUT2D eigenvalue weighted by Gasteiger charge is -2.19. The normalized spacial score (nSPS) is 10.5. The maximum absolute atomic E-state index is 5.16. The number of hydrogen-bond acceptors (Lipinski definition) is 3. The minimum atomic E-state index is 0.135. The molecule has 0 N–H and O–H groups in total. The number of aromatic nitrogens is 1. The van der Waals surface area contributed by atoms with Crippen molar-refractivity contribution >= 4 is 15.9 Å². The molecule has 2 aromatic rings. The standard InChI is InChI=1S/C11H16BrNO.C7H8O/c1-11(2,3)9-5-8(6-12)10(14-4)13-7-9;1-8-7-5-3-2-4-6-7/h5,7H,6H2,1-4H3;2-6H,1H3. The number of para-hydroxylation sites is 1. The Morgan fingerprint density at radius 2 is 1.68 bits per heavy atom. The van der Waals surface area contributed by atoms with Gasteiger partial charge in [0.25, 0.3) is 0 Å². The highest BCUT2D eigenvalue weighted by molar-refractivity contribution is 9.08. The SMILES string of the molecule is COc1ccccc1.COc1ncc(C(C)(C)C)cc1CBr. The Bertz CT molecular complexity index is 565. The molecule has 0 fully saturated rings. The van der Waals surface area contributed by atoms with Crippen LogP contribution in [0, 0.1) is 0 Å². The van der Waals surface area contributed by atoms with Gasteiger partial charge < -0.3 is 9.47 Å². The van der Waals surface area contributed by atoms with E-state index in [1.54, 1.807) is 14.2 Å². The second-order valence-corrected chi connectivity index (χ2v) is 6.35. The summed E-state index contributed by atoms with van der Waals surface area (Å²) >= 11 is 3.43. The fourth-order valence-electron chi connectivity index (χ4n) is 1.74. The van der Waals surface area contributed by atoms with E-state index < -0.39 is 0 Å². The summed E-state index contributed by atoms with van der Waals surface area (Å²) in [6, 6.07) is 11.8. The second-order valence-electron chi connectivity index (χ2n) is 5.79. The molecule has 0 amide bonds. The molecule has 0 aliphatic rings. The lowest BCUT2D eigenvalue weighted by Crippen LogP contribution is -2.12. The first-order valence-electron chi connectivity index (χ1n) is 7.10. The van der Waals surface area contributed by atoms with E-state index in [0.29, 0.717) is 5.88 Å². The van der Waals surface area contributed by atoms with Crippen molar-refractivity contribution < 1.29 is 9.47 Å². The largest absolute Gasteiger partial charge is 0.497 e. The third kappa shape index (κ3) is 5.68. The van der Waals surface area contributed by atoms with E-state index in [1.165, 1.54) is 5.56 Å². The number of rotatable bonds is 3. The molecule has 4 heteroatoms. The number of methoxy groups -OCH3 is 2. The smallest absolute Gasteiger partial charge is 0.217 e. The Hall–Kier alpha value is -1.55. The van der Waals surface area contributed by atoms with Gasteiger partial charge >= 0.3 is 0 Å². The summed E-state index contributed by atoms with van der Waals surface area (Å²) in [5.74, 6) is 1.61. The maximum atomic E-state index is 5.16. The zero-order valence-corrected chi connectivity index (χ0v) is 15.5. The number of alkyl halides is 1. The van der Waals surface area contributed by atoms with Crippen molar-refractivity contribution in [2.24, 2.45) is 0 Å². The summed E-state index contributed by atoms with van der Waals surface area (Å²) in [5, 5.41) is 0.771. The van der Waals surface area contributed by atoms with Crippen LogP contribution in [0.4, 0.5) is 0 Å². The summed E-state index contributed by atoms with van der Waals surface area (Å²) < 4.78 is 10.1. The first kappa shape index (κ1) is 18.5. The zero-order chi connectivity index (χ0) is 16.6. The molecule has 0 spiro atoms. The van der Waals surface area contributed by atoms with Gasteiger partial charge in [0, 0.05) is 17.1 Å². The number of benzene rings is 1. The highest BCUT2D eigenvalue weighted by Crippen LogP contribution is 2.26. The minimum absolute atomic E-state index is 0.135. The number of nitrogens with zero attached hydrogens (tertiary/aromatic N) is 1. The predicted molar refractivity (Wildman–Crippen MR) is 95.1 cm³/mol. The van der Waals surface area contributed by atoms with E-state index >= 15 is 0 Å². The third-order valence-corrected chi connectivity index (χ3v) is 3.71. The summed E-state index contributed by atoms with van der Waals surface area (Å²) in [4.78, 5) is 4.28. The molecule has 1 heterocycles. The molecule has 0 aliphatic carbocycles. The zero-order valence-electron chi connectivity index (χ0n) is 13.9. The third-order valence-electron chi connectivity index (χ3n) is 3.11. The molecule has 120 valence electrons. The highest BCUT2D eigenvalue weighted by atomic mass is 79.9. The van der Waals surface area contributed by atoms with Gasteiger partial charge in [-0.2, -0.15) is 0 Å². The van der Waals surface area contributed by atoms with Crippen molar-refractivity contribution in [1.82, 2.24) is 4.98 Å². The number of pyridine rings is 1. The molecule has 0 aliphatic heterocycles. The summed E-state index contributed by atoms with van der Waals surface area (Å²) in [7, 11) is 3.31. The Labute approximate surface area is 141 Å². The van der Waals surface area contributed by atoms with E-state index in [0.717, 1.165) is 16.6 Å². The number of hydrogen-bond donors (Lipinski definition) is 0. The van der Waals surface area contributed by atoms with E-state index in [9.17, 15) is 0 Å². The van der Waals surface area contributed by atoms with Crippen LogP contribution in [0.25, 0.3) is 0 Å². The molecule has 0 radical (unpaired) electrons. The van der Waals surface area contributed by atoms with E-state index in [-0.39, 0.29) is 5.41 Å². The number of halogens is 1. The number of ether oxygens (including phenoxy) is 2. The van der Waals surface area contributed by atoms with Crippen LogP contribution in [0.3, 0.4) is 0 Å². The van der Waals surface area contributed by atoms with Crippen LogP contribution in [0.15, 0.2) is 42.6 Å². The van der Waals surface area contributed by atoms with Crippen LogP contribution in [-0.2, 0) is 10.7 Å². The quantitative estimate of drug-likeness (QED) is 0.718. The van der Waals surface area contributed by atoms with Gasteiger partial charge in [0.2, 0.25) is 5.88 Å². The van der Waals surface area contributed by atoms with Crippen molar-refractivity contribution in [2.45, 2.75) is 31.5 Å². The fraction of sp³-hybridized carbons (Fsp3) is 0.389. The molecular weight excluding hydrogens is 342 g/mol. The van der Waals surface area contributed by atoms with Crippen LogP contribution in [-0.4, -0.2) is 19.2 Å². The Kier molecular flexibility index (Phi) is 7.39. The van der Waals surface area contributed by atoms with E-state index in [4.69, 9.17) is 9.47 Å². The Morgan fingerprint density at radius 1 is 1.05 bits per heavy atom. The highest BCUT2D eigenvalue weighted by Gasteiger charge is 2.16. The van der Waals surface area contributed by atoms with Crippen LogP contribution >= 0.6 is 15.9 Å². The van der Waals surface area contributed by atoms with Crippen LogP contribution in [0.2, 0.25) is 0 Å². The predicted octanol–water partition coefficient (Wildman–Crippen LogP) is 4.98. The fourth-order valence-corrected chi connectivity index (χ4v) is 2.15. The monoisotopic (exact) mass is 365 g/mol. The van der Waals surface area contributed by atoms with E-state index in [1.807, 2.05) is 36.5 Å². The van der Waals surface area contributed by atoms with Gasteiger partial charge in [-0.15, -0.1) is 0 Å². The molecule has 0 bridgehead atoms. The molecule has 0 atom stereocenters. The van der Waals surface area contributed by atoms with Crippen molar-refractivity contribution in [1.29, 1.82) is 0 Å². The molecule has 22 heavy (non-hydrogen) atoms. The molecule has 0 saturated carbocycles. The lowest BCUT2D eigenvalue weighted by atomic mass is 9.88. The first-order chi connectivity index (χ1) is 10.4. The Balaban J connectivity index is 0.000000255. The van der Waals surface area contributed by atoms with Gasteiger partial charge in [0.1, 0.15) is 5.75 Å². The minimum Gasteiger partial charge on any atom is -0.497 e. The van der Waals surface area contributed by atoms with Gasteiger partial charge in [-0.05, 0) is 29.2 Å². The summed E-state index contributed by atoms with van der Waals surface area (Å²) in [5.41, 5.74) is 2.46. The molecular formula is C18H24BrNO2. The molecule has 0 saturated heterocycles. The average Bonchev–Trinajstić information content (AvgIpc) is 2.54. The Morgan fingerprint density at radius 3 is 2.09 bits per heavy atom. The maximum Gasteiger partial charge on any atom is 0.217 e. The molecule has 1 aromatic carbocycles. The lowest BCUT2D eigenvalue weighted by molar-refractivity contribution is 0.393.